The highest BCUT2D eigenvalue weighted by Gasteiger charge is 2.44. The van der Waals surface area contributed by atoms with Gasteiger partial charge in [0.15, 0.2) is 0 Å². The first-order valence-electron chi connectivity index (χ1n) is 8.40. The van der Waals surface area contributed by atoms with Gasteiger partial charge in [0.1, 0.15) is 0 Å². The molecule has 7 nitrogen and oxygen atoms in total. The average molecular weight is 402 g/mol. The minimum Gasteiger partial charge on any atom is -0.416 e. The van der Waals surface area contributed by atoms with E-state index >= 15 is 0 Å². The molecule has 4 rings (SSSR count). The maximum Gasteiger partial charge on any atom is 0.470 e. The zero-order valence-electron chi connectivity index (χ0n) is 14.1. The molecule has 0 N–H and O–H groups in total. The Balaban J connectivity index is 1.38. The number of hydrogen-bond donors (Lipinski definition) is 0. The molecule has 2 aliphatic rings. The lowest BCUT2D eigenvalue weighted by Gasteiger charge is -2.20. The van der Waals surface area contributed by atoms with Gasteiger partial charge >= 0.3 is 12.1 Å². The zero-order valence-corrected chi connectivity index (χ0v) is 14.9. The van der Waals surface area contributed by atoms with Crippen LogP contribution in [0.2, 0.25) is 0 Å². The maximum atomic E-state index is 12.7. The Hall–Kier alpha value is -1.98. The molecule has 0 spiro atoms. The molecule has 11 heteroatoms. The summed E-state index contributed by atoms with van der Waals surface area (Å²) in [5, 5.41) is 6.47. The van der Waals surface area contributed by atoms with E-state index in [0.717, 1.165) is 0 Å². The second-order valence-electron chi connectivity index (χ2n) is 6.85. The smallest absolute Gasteiger partial charge is 0.416 e. The van der Waals surface area contributed by atoms with Crippen molar-refractivity contribution in [2.45, 2.75) is 17.6 Å². The van der Waals surface area contributed by atoms with Gasteiger partial charge in [-0.25, -0.2) is 8.42 Å². The van der Waals surface area contributed by atoms with Gasteiger partial charge in [-0.05, 0) is 24.0 Å². The Bertz CT molecular complexity index is 902. The van der Waals surface area contributed by atoms with Crippen molar-refractivity contribution < 1.29 is 26.0 Å². The monoisotopic (exact) mass is 402 g/mol. The van der Waals surface area contributed by atoms with Crippen LogP contribution in [0.15, 0.2) is 39.6 Å². The van der Waals surface area contributed by atoms with Crippen LogP contribution in [0.1, 0.15) is 11.8 Å². The standard InChI is InChI=1S/C16H17F3N4O3S/c17-16(18,19)15-21-20-14(26-15)10-22-6-11-8-23(9-12(11)7-22)27(24,25)13-4-2-1-3-5-13/h1-5,11-12H,6-10H2. The molecule has 3 heterocycles. The lowest BCUT2D eigenvalue weighted by molar-refractivity contribution is -0.157. The van der Waals surface area contributed by atoms with E-state index in [1.54, 1.807) is 30.3 Å². The normalized spacial score (nSPS) is 24.4. The first-order valence-corrected chi connectivity index (χ1v) is 9.84. The number of rotatable bonds is 4. The summed E-state index contributed by atoms with van der Waals surface area (Å²) in [4.78, 5) is 2.20. The van der Waals surface area contributed by atoms with Gasteiger partial charge in [0.05, 0.1) is 11.4 Å². The highest BCUT2D eigenvalue weighted by Crippen LogP contribution is 2.35. The molecule has 2 atom stereocenters. The van der Waals surface area contributed by atoms with Gasteiger partial charge in [-0.3, -0.25) is 4.90 Å². The zero-order chi connectivity index (χ0) is 19.2. The summed E-state index contributed by atoms with van der Waals surface area (Å²) in [7, 11) is -3.52. The number of halogens is 3. The van der Waals surface area contributed by atoms with Crippen molar-refractivity contribution in [3.05, 3.63) is 42.1 Å². The lowest BCUT2D eigenvalue weighted by atomic mass is 10.0. The van der Waals surface area contributed by atoms with Crippen LogP contribution in [0.4, 0.5) is 13.2 Å². The van der Waals surface area contributed by atoms with Crippen molar-refractivity contribution in [3.63, 3.8) is 0 Å². The van der Waals surface area contributed by atoms with Gasteiger partial charge in [-0.2, -0.15) is 17.5 Å². The minimum atomic E-state index is -4.65. The number of sulfonamides is 1. The van der Waals surface area contributed by atoms with Crippen molar-refractivity contribution in [2.24, 2.45) is 11.8 Å². The second kappa shape index (κ2) is 6.57. The van der Waals surface area contributed by atoms with Crippen LogP contribution in [0.3, 0.4) is 0 Å². The van der Waals surface area contributed by atoms with Crippen molar-refractivity contribution >= 4 is 10.0 Å². The summed E-state index contributed by atoms with van der Waals surface area (Å²) >= 11 is 0. The fraction of sp³-hybridized carbons (Fsp3) is 0.500. The van der Waals surface area contributed by atoms with Gasteiger partial charge in [0, 0.05) is 26.2 Å². The fourth-order valence-electron chi connectivity index (χ4n) is 3.74. The largest absolute Gasteiger partial charge is 0.470 e. The van der Waals surface area contributed by atoms with Crippen molar-refractivity contribution in [2.75, 3.05) is 26.2 Å². The summed E-state index contributed by atoms with van der Waals surface area (Å²) in [6, 6.07) is 8.28. The summed E-state index contributed by atoms with van der Waals surface area (Å²) in [5.74, 6) is -1.17. The fourth-order valence-corrected chi connectivity index (χ4v) is 5.31. The Morgan fingerprint density at radius 1 is 1.04 bits per heavy atom. The molecule has 2 aromatic rings. The van der Waals surface area contributed by atoms with Crippen molar-refractivity contribution in [3.8, 4) is 0 Å². The molecule has 2 fully saturated rings. The van der Waals surface area contributed by atoms with E-state index in [1.807, 2.05) is 4.90 Å². The first kappa shape index (κ1) is 18.4. The van der Waals surface area contributed by atoms with E-state index < -0.39 is 22.1 Å². The third kappa shape index (κ3) is 3.58. The predicted octanol–water partition coefficient (Wildman–Crippen LogP) is 1.84. The molecule has 0 amide bonds. The Labute approximate surface area is 153 Å². The summed E-state index contributed by atoms with van der Waals surface area (Å²) in [5.41, 5.74) is 0. The van der Waals surface area contributed by atoms with E-state index in [2.05, 4.69) is 14.6 Å². The van der Waals surface area contributed by atoms with Crippen LogP contribution in [-0.2, 0) is 22.7 Å². The van der Waals surface area contributed by atoms with E-state index in [1.165, 1.54) is 4.31 Å². The molecule has 1 aromatic carbocycles. The van der Waals surface area contributed by atoms with E-state index in [9.17, 15) is 21.6 Å². The summed E-state index contributed by atoms with van der Waals surface area (Å²) in [6.07, 6.45) is -4.65. The lowest BCUT2D eigenvalue weighted by Crippen LogP contribution is -2.33. The third-order valence-electron chi connectivity index (χ3n) is 4.98. The molecule has 0 aliphatic carbocycles. The molecule has 0 radical (unpaired) electrons. The number of likely N-dealkylation sites (tertiary alicyclic amines) is 1. The van der Waals surface area contributed by atoms with Gasteiger partial charge in [0.25, 0.3) is 0 Å². The van der Waals surface area contributed by atoms with Crippen molar-refractivity contribution in [1.29, 1.82) is 0 Å². The van der Waals surface area contributed by atoms with E-state index in [0.29, 0.717) is 26.2 Å². The molecule has 0 bridgehead atoms. The average Bonchev–Trinajstić information content (AvgIpc) is 3.30. The van der Waals surface area contributed by atoms with Crippen LogP contribution in [-0.4, -0.2) is 54.0 Å². The third-order valence-corrected chi connectivity index (χ3v) is 6.82. The van der Waals surface area contributed by atoms with Crippen LogP contribution >= 0.6 is 0 Å². The number of hydrogen-bond acceptors (Lipinski definition) is 6. The quantitative estimate of drug-likeness (QED) is 0.777. The Morgan fingerprint density at radius 2 is 1.67 bits per heavy atom. The maximum absolute atomic E-state index is 12.7. The van der Waals surface area contributed by atoms with Gasteiger partial charge < -0.3 is 4.42 Å². The molecule has 2 saturated heterocycles. The minimum absolute atomic E-state index is 0.0870. The van der Waals surface area contributed by atoms with Gasteiger partial charge in [-0.1, -0.05) is 18.2 Å². The first-order chi connectivity index (χ1) is 12.7. The van der Waals surface area contributed by atoms with Crippen LogP contribution in [0, 0.1) is 11.8 Å². The van der Waals surface area contributed by atoms with Crippen LogP contribution in [0.25, 0.3) is 0 Å². The second-order valence-corrected chi connectivity index (χ2v) is 8.79. The van der Waals surface area contributed by atoms with Gasteiger partial charge in [0.2, 0.25) is 15.9 Å². The molecular formula is C16H17F3N4O3S. The molecular weight excluding hydrogens is 385 g/mol. The van der Waals surface area contributed by atoms with E-state index in [-0.39, 0.29) is 29.2 Å². The highest BCUT2D eigenvalue weighted by molar-refractivity contribution is 7.89. The predicted molar refractivity (Wildman–Crippen MR) is 86.8 cm³/mol. The SMILES string of the molecule is O=S(=O)(c1ccccc1)N1CC2CN(Cc3nnc(C(F)(F)F)o3)CC2C1. The Morgan fingerprint density at radius 3 is 2.22 bits per heavy atom. The number of fused-ring (bicyclic) bond motifs is 1. The topological polar surface area (TPSA) is 79.5 Å². The molecule has 27 heavy (non-hydrogen) atoms. The number of benzene rings is 1. The molecule has 1 aromatic heterocycles. The summed E-state index contributed by atoms with van der Waals surface area (Å²) < 4.78 is 69.1. The van der Waals surface area contributed by atoms with E-state index in [4.69, 9.17) is 0 Å². The van der Waals surface area contributed by atoms with Crippen LogP contribution < -0.4 is 0 Å². The summed E-state index contributed by atoms with van der Waals surface area (Å²) in [6.45, 7) is 2.08. The molecule has 0 saturated carbocycles. The van der Waals surface area contributed by atoms with Gasteiger partial charge in [-0.15, -0.1) is 10.2 Å². The number of nitrogens with zero attached hydrogens (tertiary/aromatic N) is 4. The highest BCUT2D eigenvalue weighted by atomic mass is 32.2. The molecule has 2 unspecified atom stereocenters. The van der Waals surface area contributed by atoms with Crippen molar-refractivity contribution in [1.82, 2.24) is 19.4 Å². The van der Waals surface area contributed by atoms with Crippen LogP contribution in [0.5, 0.6) is 0 Å². The molecule has 146 valence electrons. The number of aromatic nitrogens is 2. The Kier molecular flexibility index (Phi) is 4.47. The number of alkyl halides is 3. The molecule has 2 aliphatic heterocycles.